The van der Waals surface area contributed by atoms with Gasteiger partial charge in [0.05, 0.1) is 6.20 Å². The Morgan fingerprint density at radius 2 is 2.05 bits per heavy atom. The fraction of sp³-hybridized carbons (Fsp3) is 0.455. The minimum absolute atomic E-state index is 0.248. The van der Waals surface area contributed by atoms with Crippen LogP contribution in [0, 0.1) is 0 Å². The van der Waals surface area contributed by atoms with Crippen LogP contribution in [-0.2, 0) is 15.4 Å². The lowest BCUT2D eigenvalue weighted by atomic mass is 9.97. The molecule has 116 valence electrons. The fourth-order valence-electron chi connectivity index (χ4n) is 1.42. The lowest BCUT2D eigenvalue weighted by molar-refractivity contribution is 0.146. The van der Waals surface area contributed by atoms with Crippen molar-refractivity contribution in [1.29, 1.82) is 0 Å². The number of halogens is 2. The number of rotatable bonds is 4. The largest absolute Gasteiger partial charge is 0.427 e. The summed E-state index contributed by atoms with van der Waals surface area (Å²) in [6.45, 7) is 5.43. The van der Waals surface area contributed by atoms with Crippen LogP contribution in [0.5, 0.6) is 0 Å². The number of alkyl halides is 2. The smallest absolute Gasteiger partial charge is 0.298 e. The van der Waals surface area contributed by atoms with Gasteiger partial charge in [0, 0.05) is 11.5 Å². The summed E-state index contributed by atoms with van der Waals surface area (Å²) >= 11 is 0. The van der Waals surface area contributed by atoms with E-state index in [9.17, 15) is 17.2 Å². The number of nitrogens with one attached hydrogen (secondary N) is 2. The summed E-state index contributed by atoms with van der Waals surface area (Å²) in [7, 11) is -4.07. The number of oxazole rings is 1. The molecule has 2 rings (SSSR count). The van der Waals surface area contributed by atoms with Crippen molar-refractivity contribution in [3.8, 4) is 0 Å². The van der Waals surface area contributed by atoms with Crippen molar-refractivity contribution in [3.63, 3.8) is 0 Å². The third-order valence-corrected chi connectivity index (χ3v) is 3.66. The maximum atomic E-state index is 12.4. The molecule has 2 N–H and O–H groups in total. The molecule has 0 spiro atoms. The Morgan fingerprint density at radius 3 is 2.52 bits per heavy atom. The summed E-state index contributed by atoms with van der Waals surface area (Å²) in [6, 6.07) is 0.906. The summed E-state index contributed by atoms with van der Waals surface area (Å²) in [4.78, 5) is 3.89. The molecular formula is C11H14F2N4O3S. The first-order valence-corrected chi connectivity index (χ1v) is 7.40. The van der Waals surface area contributed by atoms with Gasteiger partial charge < -0.3 is 4.42 Å². The molecule has 0 radical (unpaired) electrons. The third kappa shape index (κ3) is 3.38. The van der Waals surface area contributed by atoms with Crippen molar-refractivity contribution in [2.75, 3.05) is 4.72 Å². The Morgan fingerprint density at radius 1 is 1.38 bits per heavy atom. The molecule has 21 heavy (non-hydrogen) atoms. The van der Waals surface area contributed by atoms with Gasteiger partial charge in [0.25, 0.3) is 21.5 Å². The Balaban J connectivity index is 2.23. The molecule has 0 amide bonds. The number of H-pyrrole nitrogens is 1. The van der Waals surface area contributed by atoms with Gasteiger partial charge in [-0.1, -0.05) is 20.8 Å². The van der Waals surface area contributed by atoms with E-state index in [0.717, 1.165) is 12.3 Å². The van der Waals surface area contributed by atoms with Crippen molar-refractivity contribution in [1.82, 2.24) is 15.2 Å². The van der Waals surface area contributed by atoms with Crippen molar-refractivity contribution >= 4 is 15.8 Å². The minimum Gasteiger partial charge on any atom is -0.427 e. The summed E-state index contributed by atoms with van der Waals surface area (Å²) in [6.07, 6.45) is -1.71. The lowest BCUT2D eigenvalue weighted by Gasteiger charge is -2.12. The Kier molecular flexibility index (Phi) is 3.74. The summed E-state index contributed by atoms with van der Waals surface area (Å²) in [5, 5.41) is 5.07. The Hall–Kier alpha value is -1.97. The monoisotopic (exact) mass is 320 g/mol. The summed E-state index contributed by atoms with van der Waals surface area (Å²) < 4.78 is 56.1. The van der Waals surface area contributed by atoms with E-state index in [1.54, 1.807) is 0 Å². The molecule has 0 atom stereocenters. The van der Waals surface area contributed by atoms with Gasteiger partial charge in [0.15, 0.2) is 5.82 Å². The van der Waals surface area contributed by atoms with Crippen LogP contribution in [0.2, 0.25) is 0 Å². The van der Waals surface area contributed by atoms with Crippen LogP contribution in [-0.4, -0.2) is 23.6 Å². The topological polar surface area (TPSA) is 101 Å². The lowest BCUT2D eigenvalue weighted by Crippen LogP contribution is -2.13. The average molecular weight is 320 g/mol. The van der Waals surface area contributed by atoms with Crippen molar-refractivity contribution in [2.24, 2.45) is 0 Å². The first-order chi connectivity index (χ1) is 9.59. The highest BCUT2D eigenvalue weighted by Gasteiger charge is 2.26. The predicted molar refractivity (Wildman–Crippen MR) is 69.6 cm³/mol. The number of anilines is 1. The van der Waals surface area contributed by atoms with Gasteiger partial charge in [-0.25, -0.2) is 13.8 Å². The van der Waals surface area contributed by atoms with Crippen molar-refractivity contribution in [2.45, 2.75) is 37.7 Å². The number of hydrogen-bond donors (Lipinski definition) is 2. The van der Waals surface area contributed by atoms with Crippen LogP contribution in [0.15, 0.2) is 21.8 Å². The number of aromatic amines is 1. The van der Waals surface area contributed by atoms with Gasteiger partial charge in [-0.15, -0.1) is 0 Å². The summed E-state index contributed by atoms with van der Waals surface area (Å²) in [5.74, 6) is -0.00261. The molecule has 0 unspecified atom stereocenters. The summed E-state index contributed by atoms with van der Waals surface area (Å²) in [5.41, 5.74) is -0.941. The van der Waals surface area contributed by atoms with E-state index in [-0.39, 0.29) is 11.7 Å². The molecule has 0 aliphatic heterocycles. The van der Waals surface area contributed by atoms with Gasteiger partial charge in [-0.2, -0.15) is 13.5 Å². The average Bonchev–Trinajstić information content (AvgIpc) is 2.94. The molecule has 2 heterocycles. The fourth-order valence-corrected chi connectivity index (χ4v) is 2.28. The SMILES string of the molecule is CC(C)(C)c1ncc(S(=O)(=O)Nc2cc(C(F)F)[nH]n2)o1. The second kappa shape index (κ2) is 5.10. The van der Waals surface area contributed by atoms with Crippen LogP contribution >= 0.6 is 0 Å². The van der Waals surface area contributed by atoms with Crippen LogP contribution in [0.1, 0.15) is 38.8 Å². The standard InChI is InChI=1S/C11H14F2N4O3S/c1-11(2,3)10-14-5-8(20-10)21(18,19)17-7-4-6(9(12)13)15-16-7/h4-5,9H,1-3H3,(H2,15,16,17). The second-order valence-electron chi connectivity index (χ2n) is 5.35. The van der Waals surface area contributed by atoms with Crippen LogP contribution in [0.4, 0.5) is 14.6 Å². The zero-order chi connectivity index (χ0) is 15.8. The predicted octanol–water partition coefficient (Wildman–Crippen LogP) is 2.43. The first-order valence-electron chi connectivity index (χ1n) is 5.92. The molecule has 0 aliphatic carbocycles. The molecule has 0 bridgehead atoms. The molecule has 7 nitrogen and oxygen atoms in total. The zero-order valence-corrected chi connectivity index (χ0v) is 12.3. The minimum atomic E-state index is -4.07. The van der Waals surface area contributed by atoms with Crippen molar-refractivity contribution in [3.05, 3.63) is 23.8 Å². The van der Waals surface area contributed by atoms with E-state index >= 15 is 0 Å². The molecule has 10 heteroatoms. The van der Waals surface area contributed by atoms with E-state index in [1.165, 1.54) is 0 Å². The maximum Gasteiger partial charge on any atom is 0.298 e. The van der Waals surface area contributed by atoms with Crippen molar-refractivity contribution < 1.29 is 21.6 Å². The molecule has 2 aromatic rings. The van der Waals surface area contributed by atoms with E-state index in [2.05, 4.69) is 10.1 Å². The molecule has 0 saturated heterocycles. The van der Waals surface area contributed by atoms with Gasteiger partial charge in [0.2, 0.25) is 5.89 Å². The highest BCUT2D eigenvalue weighted by molar-refractivity contribution is 7.92. The van der Waals surface area contributed by atoms with Crippen LogP contribution in [0.25, 0.3) is 0 Å². The quantitative estimate of drug-likeness (QED) is 0.901. The highest BCUT2D eigenvalue weighted by atomic mass is 32.2. The second-order valence-corrected chi connectivity index (χ2v) is 6.96. The van der Waals surface area contributed by atoms with Gasteiger partial charge >= 0.3 is 0 Å². The normalized spacial score (nSPS) is 12.9. The van der Waals surface area contributed by atoms with Gasteiger partial charge in [-0.05, 0) is 0 Å². The van der Waals surface area contributed by atoms with E-state index < -0.39 is 32.6 Å². The molecule has 0 saturated carbocycles. The number of nitrogens with zero attached hydrogens (tertiary/aromatic N) is 2. The molecular weight excluding hydrogens is 306 g/mol. The number of aromatic nitrogens is 3. The zero-order valence-electron chi connectivity index (χ0n) is 11.5. The van der Waals surface area contributed by atoms with E-state index in [1.807, 2.05) is 30.6 Å². The van der Waals surface area contributed by atoms with Gasteiger partial charge in [-0.3, -0.25) is 9.82 Å². The Bertz CT molecular complexity index is 731. The van der Waals surface area contributed by atoms with Gasteiger partial charge in [0.1, 0.15) is 5.69 Å². The van der Waals surface area contributed by atoms with Crippen LogP contribution in [0.3, 0.4) is 0 Å². The maximum absolute atomic E-state index is 12.4. The number of sulfonamides is 1. The third-order valence-electron chi connectivity index (χ3n) is 2.46. The number of hydrogen-bond acceptors (Lipinski definition) is 5. The Labute approximate surface area is 119 Å². The van der Waals surface area contributed by atoms with E-state index in [4.69, 9.17) is 4.42 Å². The molecule has 0 aliphatic rings. The molecule has 2 aromatic heterocycles. The van der Waals surface area contributed by atoms with Crippen LogP contribution < -0.4 is 4.72 Å². The molecule has 0 fully saturated rings. The highest BCUT2D eigenvalue weighted by Crippen LogP contribution is 2.25. The van der Waals surface area contributed by atoms with E-state index in [0.29, 0.717) is 0 Å². The first kappa shape index (κ1) is 15.4. The molecule has 0 aromatic carbocycles.